The topological polar surface area (TPSA) is 75.3 Å². The number of rotatable bonds is 3. The maximum atomic E-state index is 11.2. The molecule has 0 bridgehead atoms. The Balaban J connectivity index is 2.44. The first-order chi connectivity index (χ1) is 9.38. The normalized spacial score (nSPS) is 10.3. The number of aromatic carboxylic acids is 1. The van der Waals surface area contributed by atoms with Gasteiger partial charge in [-0.25, -0.2) is 4.79 Å². The van der Waals surface area contributed by atoms with E-state index in [0.29, 0.717) is 11.4 Å². The molecule has 0 atom stereocenters. The van der Waals surface area contributed by atoms with Gasteiger partial charge in [0.1, 0.15) is 0 Å². The van der Waals surface area contributed by atoms with Gasteiger partial charge < -0.3 is 16.2 Å². The summed E-state index contributed by atoms with van der Waals surface area (Å²) >= 11 is 3.46. The minimum absolute atomic E-state index is 0.108. The molecule has 0 aliphatic rings. The Bertz CT molecular complexity index is 684. The monoisotopic (exact) mass is 334 g/mol. The first kappa shape index (κ1) is 14.4. The lowest BCUT2D eigenvalue weighted by Crippen LogP contribution is -2.05. The van der Waals surface area contributed by atoms with E-state index in [2.05, 4.69) is 21.2 Å². The fourth-order valence-electron chi connectivity index (χ4n) is 1.94. The smallest absolute Gasteiger partial charge is 0.337 e. The van der Waals surface area contributed by atoms with E-state index in [0.717, 1.165) is 21.3 Å². The summed E-state index contributed by atoms with van der Waals surface area (Å²) in [5.41, 5.74) is 9.61. The lowest BCUT2D eigenvalue weighted by Gasteiger charge is -2.13. The van der Waals surface area contributed by atoms with Gasteiger partial charge in [0.2, 0.25) is 0 Å². The highest BCUT2D eigenvalue weighted by Gasteiger charge is 2.12. The molecule has 2 aromatic rings. The van der Waals surface area contributed by atoms with Crippen molar-refractivity contribution in [3.8, 4) is 0 Å². The zero-order chi connectivity index (χ0) is 14.9. The van der Waals surface area contributed by atoms with Gasteiger partial charge in [0, 0.05) is 15.8 Å². The van der Waals surface area contributed by atoms with Crippen molar-refractivity contribution in [1.82, 2.24) is 0 Å². The van der Waals surface area contributed by atoms with Gasteiger partial charge in [0.15, 0.2) is 0 Å². The molecule has 0 aromatic heterocycles. The van der Waals surface area contributed by atoms with Crippen LogP contribution in [0.4, 0.5) is 17.1 Å². The summed E-state index contributed by atoms with van der Waals surface area (Å²) in [5.74, 6) is -1.03. The van der Waals surface area contributed by atoms with Crippen LogP contribution in [0.5, 0.6) is 0 Å². The Morgan fingerprint density at radius 3 is 2.60 bits per heavy atom. The molecule has 5 heteroatoms. The third-order valence-electron chi connectivity index (χ3n) is 3.02. The van der Waals surface area contributed by atoms with Gasteiger partial charge in [-0.2, -0.15) is 0 Å². The van der Waals surface area contributed by atoms with E-state index >= 15 is 0 Å². The predicted molar refractivity (Wildman–Crippen MR) is 84.7 cm³/mol. The number of nitrogens with two attached hydrogens (primary N) is 1. The molecule has 0 spiro atoms. The molecule has 2 rings (SSSR count). The average Bonchev–Trinajstić information content (AvgIpc) is 2.37. The lowest BCUT2D eigenvalue weighted by molar-refractivity contribution is 0.0698. The van der Waals surface area contributed by atoms with Crippen molar-refractivity contribution in [3.63, 3.8) is 0 Å². The number of anilines is 3. The second-order valence-corrected chi connectivity index (χ2v) is 5.52. The number of carboxylic acids is 1. The van der Waals surface area contributed by atoms with Crippen molar-refractivity contribution in [2.75, 3.05) is 11.1 Å². The molecule has 104 valence electrons. The molecule has 4 N–H and O–H groups in total. The van der Waals surface area contributed by atoms with E-state index in [1.807, 2.05) is 31.2 Å². The van der Waals surface area contributed by atoms with Crippen LogP contribution in [0.15, 0.2) is 34.8 Å². The quantitative estimate of drug-likeness (QED) is 0.739. The van der Waals surface area contributed by atoms with Gasteiger partial charge in [-0.1, -0.05) is 6.07 Å². The third-order valence-corrected chi connectivity index (χ3v) is 3.71. The van der Waals surface area contributed by atoms with E-state index < -0.39 is 5.97 Å². The van der Waals surface area contributed by atoms with Gasteiger partial charge >= 0.3 is 5.97 Å². The minimum Gasteiger partial charge on any atom is -0.478 e. The van der Waals surface area contributed by atoms with Crippen molar-refractivity contribution in [3.05, 3.63) is 51.5 Å². The maximum absolute atomic E-state index is 11.2. The zero-order valence-electron chi connectivity index (χ0n) is 11.2. The van der Waals surface area contributed by atoms with Gasteiger partial charge in [-0.3, -0.25) is 0 Å². The Morgan fingerprint density at radius 1 is 1.25 bits per heavy atom. The van der Waals surface area contributed by atoms with Crippen LogP contribution in [-0.4, -0.2) is 11.1 Å². The Hall–Kier alpha value is -2.01. The Kier molecular flexibility index (Phi) is 3.99. The van der Waals surface area contributed by atoms with Crippen molar-refractivity contribution < 1.29 is 9.90 Å². The molecule has 0 aliphatic heterocycles. The number of carboxylic acid groups (broad SMARTS) is 1. The van der Waals surface area contributed by atoms with E-state index in [9.17, 15) is 4.79 Å². The number of aryl methyl sites for hydroxylation is 2. The second-order valence-electron chi connectivity index (χ2n) is 4.67. The number of nitrogen functional groups attached to an aromatic ring is 1. The molecule has 20 heavy (non-hydrogen) atoms. The molecule has 0 heterocycles. The summed E-state index contributed by atoms with van der Waals surface area (Å²) in [4.78, 5) is 11.2. The van der Waals surface area contributed by atoms with Crippen LogP contribution in [0.2, 0.25) is 0 Å². The number of hydrogen-bond acceptors (Lipinski definition) is 3. The standard InChI is InChI=1S/C15H15BrN2O2/c1-8-3-4-12(16)13(5-8)18-10-6-9(2)14(17)11(7-10)15(19)20/h3-7,18H,17H2,1-2H3,(H,19,20). The molecular formula is C15H15BrN2O2. The zero-order valence-corrected chi connectivity index (χ0v) is 12.8. The van der Waals surface area contributed by atoms with E-state index in [4.69, 9.17) is 10.8 Å². The fourth-order valence-corrected chi connectivity index (χ4v) is 2.28. The molecule has 0 unspecified atom stereocenters. The highest BCUT2D eigenvalue weighted by atomic mass is 79.9. The van der Waals surface area contributed by atoms with Crippen LogP contribution in [0.3, 0.4) is 0 Å². The summed E-state index contributed by atoms with van der Waals surface area (Å²) < 4.78 is 0.912. The SMILES string of the molecule is Cc1ccc(Br)c(Nc2cc(C)c(N)c(C(=O)O)c2)c1. The van der Waals surface area contributed by atoms with Crippen LogP contribution in [0.25, 0.3) is 0 Å². The van der Waals surface area contributed by atoms with E-state index in [1.54, 1.807) is 13.0 Å². The molecule has 0 amide bonds. The summed E-state index contributed by atoms with van der Waals surface area (Å²) in [6.45, 7) is 3.78. The molecular weight excluding hydrogens is 320 g/mol. The maximum Gasteiger partial charge on any atom is 0.337 e. The lowest BCUT2D eigenvalue weighted by atomic mass is 10.1. The van der Waals surface area contributed by atoms with Gasteiger partial charge in [0.25, 0.3) is 0 Å². The molecule has 0 saturated heterocycles. The van der Waals surface area contributed by atoms with Crippen LogP contribution < -0.4 is 11.1 Å². The van der Waals surface area contributed by atoms with Gasteiger partial charge in [-0.05, 0) is 65.2 Å². The second kappa shape index (κ2) is 5.54. The minimum atomic E-state index is -1.03. The summed E-state index contributed by atoms with van der Waals surface area (Å²) in [6, 6.07) is 9.29. The number of benzene rings is 2. The molecule has 0 saturated carbocycles. The van der Waals surface area contributed by atoms with Crippen LogP contribution in [-0.2, 0) is 0 Å². The van der Waals surface area contributed by atoms with E-state index in [1.165, 1.54) is 0 Å². The highest BCUT2D eigenvalue weighted by molar-refractivity contribution is 9.10. The highest BCUT2D eigenvalue weighted by Crippen LogP contribution is 2.29. The van der Waals surface area contributed by atoms with E-state index in [-0.39, 0.29) is 5.56 Å². The summed E-state index contributed by atoms with van der Waals surface area (Å²) in [7, 11) is 0. The number of carbonyl (C=O) groups is 1. The fraction of sp³-hybridized carbons (Fsp3) is 0.133. The van der Waals surface area contributed by atoms with Crippen molar-refractivity contribution >= 4 is 39.0 Å². The van der Waals surface area contributed by atoms with Crippen LogP contribution in [0, 0.1) is 13.8 Å². The van der Waals surface area contributed by atoms with Crippen molar-refractivity contribution in [1.29, 1.82) is 0 Å². The first-order valence-electron chi connectivity index (χ1n) is 6.05. The number of hydrogen-bond donors (Lipinski definition) is 3. The largest absolute Gasteiger partial charge is 0.478 e. The first-order valence-corrected chi connectivity index (χ1v) is 6.84. The predicted octanol–water partition coefficient (Wildman–Crippen LogP) is 4.09. The van der Waals surface area contributed by atoms with Gasteiger partial charge in [-0.15, -0.1) is 0 Å². The molecule has 0 aliphatic carbocycles. The average molecular weight is 335 g/mol. The molecule has 0 radical (unpaired) electrons. The third kappa shape index (κ3) is 2.93. The van der Waals surface area contributed by atoms with Crippen LogP contribution >= 0.6 is 15.9 Å². The number of nitrogens with one attached hydrogen (secondary N) is 1. The molecule has 0 fully saturated rings. The Labute approximate surface area is 125 Å². The van der Waals surface area contributed by atoms with Crippen LogP contribution in [0.1, 0.15) is 21.5 Å². The van der Waals surface area contributed by atoms with Crippen molar-refractivity contribution in [2.45, 2.75) is 13.8 Å². The summed E-state index contributed by atoms with van der Waals surface area (Å²) in [6.07, 6.45) is 0. The number of halogens is 1. The Morgan fingerprint density at radius 2 is 1.95 bits per heavy atom. The molecule has 2 aromatic carbocycles. The summed E-state index contributed by atoms with van der Waals surface area (Å²) in [5, 5.41) is 12.4. The molecule has 4 nitrogen and oxygen atoms in total. The van der Waals surface area contributed by atoms with Crippen molar-refractivity contribution in [2.24, 2.45) is 0 Å². The van der Waals surface area contributed by atoms with Gasteiger partial charge in [0.05, 0.1) is 11.3 Å².